The van der Waals surface area contributed by atoms with Gasteiger partial charge in [0.2, 0.25) is 0 Å². The van der Waals surface area contributed by atoms with E-state index in [0.29, 0.717) is 25.0 Å². The van der Waals surface area contributed by atoms with Crippen LogP contribution in [0.4, 0.5) is 5.82 Å². The van der Waals surface area contributed by atoms with Crippen LogP contribution in [0.25, 0.3) is 0 Å². The Morgan fingerprint density at radius 1 is 1.33 bits per heavy atom. The molecule has 0 atom stereocenters. The predicted octanol–water partition coefficient (Wildman–Crippen LogP) is 2.34. The molecule has 0 unspecified atom stereocenters. The van der Waals surface area contributed by atoms with Gasteiger partial charge in [-0.15, -0.1) is 0 Å². The summed E-state index contributed by atoms with van der Waals surface area (Å²) in [5.74, 6) is 0.414. The van der Waals surface area contributed by atoms with E-state index in [1.807, 2.05) is 24.3 Å². The third-order valence-electron chi connectivity index (χ3n) is 3.67. The molecule has 21 heavy (non-hydrogen) atoms. The number of anilines is 1. The average molecular weight is 285 g/mol. The molecule has 1 aromatic heterocycles. The number of rotatable bonds is 6. The smallest absolute Gasteiger partial charge is 0.293 e. The van der Waals surface area contributed by atoms with E-state index in [2.05, 4.69) is 10.3 Å². The first-order chi connectivity index (χ1) is 10.3. The Balaban J connectivity index is 1.76. The summed E-state index contributed by atoms with van der Waals surface area (Å²) < 4.78 is 6.97. The van der Waals surface area contributed by atoms with Gasteiger partial charge in [0.25, 0.3) is 5.56 Å². The van der Waals surface area contributed by atoms with Crippen LogP contribution >= 0.6 is 0 Å². The molecule has 1 saturated carbocycles. The molecule has 1 aromatic carbocycles. The maximum atomic E-state index is 12.3. The summed E-state index contributed by atoms with van der Waals surface area (Å²) in [5.41, 5.74) is 2.19. The van der Waals surface area contributed by atoms with Gasteiger partial charge in [-0.2, -0.15) is 0 Å². The van der Waals surface area contributed by atoms with Gasteiger partial charge in [-0.05, 0) is 24.0 Å². The molecular weight excluding hydrogens is 266 g/mol. The third-order valence-corrected chi connectivity index (χ3v) is 3.67. The molecule has 0 saturated heterocycles. The molecule has 1 fully saturated rings. The first kappa shape index (κ1) is 13.8. The Bertz CT molecular complexity index is 677. The number of nitrogens with one attached hydrogen (secondary N) is 1. The second kappa shape index (κ2) is 6.10. The van der Waals surface area contributed by atoms with Crippen molar-refractivity contribution in [2.24, 2.45) is 0 Å². The monoisotopic (exact) mass is 285 g/mol. The van der Waals surface area contributed by atoms with Crippen molar-refractivity contribution < 1.29 is 4.74 Å². The lowest BCUT2D eigenvalue weighted by molar-refractivity contribution is 0.184. The first-order valence-corrected chi connectivity index (χ1v) is 7.16. The Kier molecular flexibility index (Phi) is 4.01. The zero-order chi connectivity index (χ0) is 14.7. The Morgan fingerprint density at radius 3 is 2.81 bits per heavy atom. The Morgan fingerprint density at radius 2 is 2.10 bits per heavy atom. The summed E-state index contributed by atoms with van der Waals surface area (Å²) in [7, 11) is 1.68. The van der Waals surface area contributed by atoms with Gasteiger partial charge < -0.3 is 14.6 Å². The second-order valence-electron chi connectivity index (χ2n) is 5.27. The Hall–Kier alpha value is -2.14. The van der Waals surface area contributed by atoms with Crippen LogP contribution in [0, 0.1) is 0 Å². The van der Waals surface area contributed by atoms with Crippen LogP contribution < -0.4 is 10.9 Å². The molecule has 5 heteroatoms. The maximum absolute atomic E-state index is 12.3. The van der Waals surface area contributed by atoms with Crippen molar-refractivity contribution in [1.29, 1.82) is 0 Å². The van der Waals surface area contributed by atoms with Crippen molar-refractivity contribution in [2.45, 2.75) is 32.0 Å². The second-order valence-corrected chi connectivity index (χ2v) is 5.27. The van der Waals surface area contributed by atoms with Gasteiger partial charge >= 0.3 is 0 Å². The van der Waals surface area contributed by atoms with Crippen molar-refractivity contribution in [3.8, 4) is 0 Å². The zero-order valence-electron chi connectivity index (χ0n) is 12.1. The number of benzene rings is 1. The minimum absolute atomic E-state index is 0.0378. The average Bonchev–Trinajstić information content (AvgIpc) is 3.32. The number of aromatic nitrogens is 2. The van der Waals surface area contributed by atoms with E-state index < -0.39 is 0 Å². The molecule has 0 radical (unpaired) electrons. The lowest BCUT2D eigenvalue weighted by atomic mass is 10.1. The van der Waals surface area contributed by atoms with Crippen molar-refractivity contribution in [3.05, 3.63) is 58.1 Å². The van der Waals surface area contributed by atoms with Crippen LogP contribution in [-0.4, -0.2) is 16.7 Å². The summed E-state index contributed by atoms with van der Waals surface area (Å²) >= 11 is 0. The SMILES string of the molecule is COCc1ccccc1CNc1nccn(C2CC2)c1=O. The molecular formula is C16H19N3O2. The minimum atomic E-state index is -0.0378. The molecule has 1 N–H and O–H groups in total. The largest absolute Gasteiger partial charge is 0.380 e. The number of hydrogen-bond donors (Lipinski definition) is 1. The molecule has 110 valence electrons. The van der Waals surface area contributed by atoms with E-state index in [-0.39, 0.29) is 5.56 Å². The molecule has 0 aliphatic heterocycles. The van der Waals surface area contributed by atoms with E-state index in [1.165, 1.54) is 0 Å². The van der Waals surface area contributed by atoms with E-state index in [4.69, 9.17) is 4.74 Å². The van der Waals surface area contributed by atoms with Crippen molar-refractivity contribution >= 4 is 5.82 Å². The Labute approximate surface area is 123 Å². The number of nitrogens with zero attached hydrogens (tertiary/aromatic N) is 2. The highest BCUT2D eigenvalue weighted by atomic mass is 16.5. The number of methoxy groups -OCH3 is 1. The standard InChI is InChI=1S/C16H19N3O2/c1-21-11-13-5-3-2-4-12(13)10-18-15-16(20)19(9-8-17-15)14-6-7-14/h2-5,8-9,14H,6-7,10-11H2,1H3,(H,17,18). The van der Waals surface area contributed by atoms with E-state index in [9.17, 15) is 4.79 Å². The molecule has 1 aliphatic rings. The van der Waals surface area contributed by atoms with Gasteiger partial charge in [-0.1, -0.05) is 24.3 Å². The first-order valence-electron chi connectivity index (χ1n) is 7.16. The summed E-state index contributed by atoms with van der Waals surface area (Å²) in [6.07, 6.45) is 5.62. The normalized spacial score (nSPS) is 14.1. The fourth-order valence-electron chi connectivity index (χ4n) is 2.39. The number of hydrogen-bond acceptors (Lipinski definition) is 4. The van der Waals surface area contributed by atoms with Gasteiger partial charge in [0, 0.05) is 32.1 Å². The van der Waals surface area contributed by atoms with Crippen LogP contribution in [0.15, 0.2) is 41.5 Å². The highest BCUT2D eigenvalue weighted by Crippen LogP contribution is 2.33. The third kappa shape index (κ3) is 3.13. The number of ether oxygens (including phenoxy) is 1. The van der Waals surface area contributed by atoms with Crippen LogP contribution in [0.1, 0.15) is 30.0 Å². The summed E-state index contributed by atoms with van der Waals surface area (Å²) in [4.78, 5) is 16.5. The van der Waals surface area contributed by atoms with E-state index in [1.54, 1.807) is 24.1 Å². The van der Waals surface area contributed by atoms with Gasteiger partial charge in [-0.3, -0.25) is 4.79 Å². The molecule has 0 spiro atoms. The maximum Gasteiger partial charge on any atom is 0.293 e. The molecule has 0 amide bonds. The van der Waals surface area contributed by atoms with E-state index >= 15 is 0 Å². The summed E-state index contributed by atoms with van der Waals surface area (Å²) in [6, 6.07) is 8.39. The topological polar surface area (TPSA) is 56.1 Å². The van der Waals surface area contributed by atoms with Gasteiger partial charge in [0.05, 0.1) is 6.61 Å². The molecule has 1 aliphatic carbocycles. The van der Waals surface area contributed by atoms with Crippen molar-refractivity contribution in [1.82, 2.24) is 9.55 Å². The van der Waals surface area contributed by atoms with Crippen LogP contribution in [0.5, 0.6) is 0 Å². The lowest BCUT2D eigenvalue weighted by Gasteiger charge is -2.11. The molecule has 3 rings (SSSR count). The fourth-order valence-corrected chi connectivity index (χ4v) is 2.39. The highest BCUT2D eigenvalue weighted by molar-refractivity contribution is 5.35. The molecule has 0 bridgehead atoms. The zero-order valence-corrected chi connectivity index (χ0v) is 12.1. The predicted molar refractivity (Wildman–Crippen MR) is 81.2 cm³/mol. The van der Waals surface area contributed by atoms with E-state index in [0.717, 1.165) is 24.0 Å². The van der Waals surface area contributed by atoms with Crippen molar-refractivity contribution in [3.63, 3.8) is 0 Å². The highest BCUT2D eigenvalue weighted by Gasteiger charge is 2.25. The molecule has 2 aromatic rings. The van der Waals surface area contributed by atoms with Gasteiger partial charge in [0.1, 0.15) is 0 Å². The summed E-state index contributed by atoms with van der Waals surface area (Å²) in [5, 5.41) is 3.15. The summed E-state index contributed by atoms with van der Waals surface area (Å²) in [6.45, 7) is 1.13. The van der Waals surface area contributed by atoms with Crippen LogP contribution in [-0.2, 0) is 17.9 Å². The molecule has 1 heterocycles. The van der Waals surface area contributed by atoms with Gasteiger partial charge in [-0.25, -0.2) is 4.98 Å². The van der Waals surface area contributed by atoms with Crippen LogP contribution in [0.3, 0.4) is 0 Å². The fraction of sp³-hybridized carbons (Fsp3) is 0.375. The van der Waals surface area contributed by atoms with Crippen LogP contribution in [0.2, 0.25) is 0 Å². The van der Waals surface area contributed by atoms with Gasteiger partial charge in [0.15, 0.2) is 5.82 Å². The minimum Gasteiger partial charge on any atom is -0.380 e. The molecule has 5 nitrogen and oxygen atoms in total. The lowest BCUT2D eigenvalue weighted by Crippen LogP contribution is -2.23. The quantitative estimate of drug-likeness (QED) is 0.885. The van der Waals surface area contributed by atoms with Crippen molar-refractivity contribution in [2.75, 3.05) is 12.4 Å².